The molecule has 0 unspecified atom stereocenters. The van der Waals surface area contributed by atoms with Gasteiger partial charge in [0, 0.05) is 45.0 Å². The van der Waals surface area contributed by atoms with E-state index >= 15 is 0 Å². The second-order valence-electron chi connectivity index (χ2n) is 7.40. The summed E-state index contributed by atoms with van der Waals surface area (Å²) in [6.45, 7) is 4.19. The predicted molar refractivity (Wildman–Crippen MR) is 101 cm³/mol. The number of piperidine rings is 1. The average molecular weight is 350 g/mol. The van der Waals surface area contributed by atoms with Crippen LogP contribution in [-0.2, 0) is 13.1 Å². The molecular formula is C21H26N4O. The van der Waals surface area contributed by atoms with E-state index < -0.39 is 0 Å². The molecule has 0 radical (unpaired) electrons. The third kappa shape index (κ3) is 4.05. The van der Waals surface area contributed by atoms with Crippen LogP contribution in [0.15, 0.2) is 54.7 Å². The number of rotatable bonds is 4. The maximum atomic E-state index is 12.7. The molecule has 3 saturated heterocycles. The number of aromatic nitrogens is 1. The first-order valence-corrected chi connectivity index (χ1v) is 9.48. The number of carbonyl (C=O) groups excluding carboxylic acids is 1. The molecule has 3 aliphatic heterocycles. The van der Waals surface area contributed by atoms with E-state index in [1.54, 1.807) is 0 Å². The summed E-state index contributed by atoms with van der Waals surface area (Å²) >= 11 is 0. The lowest BCUT2D eigenvalue weighted by molar-refractivity contribution is 0.122. The monoisotopic (exact) mass is 350 g/mol. The van der Waals surface area contributed by atoms with Gasteiger partial charge in [0.15, 0.2) is 0 Å². The Hall–Kier alpha value is -2.40. The van der Waals surface area contributed by atoms with Gasteiger partial charge in [-0.05, 0) is 36.5 Å². The highest BCUT2D eigenvalue weighted by Gasteiger charge is 2.36. The van der Waals surface area contributed by atoms with E-state index in [1.165, 1.54) is 12.8 Å². The van der Waals surface area contributed by atoms with Crippen molar-refractivity contribution >= 4 is 6.03 Å². The second-order valence-corrected chi connectivity index (χ2v) is 7.40. The van der Waals surface area contributed by atoms with Crippen LogP contribution >= 0.6 is 0 Å². The van der Waals surface area contributed by atoms with Crippen molar-refractivity contribution in [3.63, 3.8) is 0 Å². The number of fused-ring (bicyclic) bond motifs is 4. The normalized spacial score (nSPS) is 22.8. The lowest BCUT2D eigenvalue weighted by Gasteiger charge is -2.35. The molecule has 5 heteroatoms. The van der Waals surface area contributed by atoms with E-state index in [1.807, 2.05) is 53.6 Å². The number of hydrogen-bond donors (Lipinski definition) is 1. The van der Waals surface area contributed by atoms with E-state index in [9.17, 15) is 4.79 Å². The first-order chi connectivity index (χ1) is 12.8. The Kier molecular flexibility index (Phi) is 5.16. The molecular weight excluding hydrogens is 324 g/mol. The van der Waals surface area contributed by atoms with Crippen LogP contribution in [0, 0.1) is 5.92 Å². The molecule has 2 amide bonds. The van der Waals surface area contributed by atoms with Gasteiger partial charge in [-0.25, -0.2) is 4.79 Å². The van der Waals surface area contributed by atoms with Crippen LogP contribution in [0.3, 0.4) is 0 Å². The summed E-state index contributed by atoms with van der Waals surface area (Å²) in [5.74, 6) is 0.555. The van der Waals surface area contributed by atoms with Crippen LogP contribution in [0.1, 0.15) is 24.1 Å². The van der Waals surface area contributed by atoms with E-state index in [-0.39, 0.29) is 6.03 Å². The molecule has 1 N–H and O–H groups in total. The maximum Gasteiger partial charge on any atom is 0.317 e. The van der Waals surface area contributed by atoms with Gasteiger partial charge in [-0.2, -0.15) is 0 Å². The predicted octanol–water partition coefficient (Wildman–Crippen LogP) is 2.89. The summed E-state index contributed by atoms with van der Waals surface area (Å²) < 4.78 is 0. The molecule has 0 saturated carbocycles. The van der Waals surface area contributed by atoms with Gasteiger partial charge in [-0.3, -0.25) is 9.88 Å². The van der Waals surface area contributed by atoms with Crippen molar-refractivity contribution in [1.29, 1.82) is 0 Å². The summed E-state index contributed by atoms with van der Waals surface area (Å²) in [6, 6.07) is 16.7. The molecule has 0 aliphatic carbocycles. The van der Waals surface area contributed by atoms with Crippen LogP contribution in [0.5, 0.6) is 0 Å². The van der Waals surface area contributed by atoms with Gasteiger partial charge in [0.05, 0.1) is 5.69 Å². The summed E-state index contributed by atoms with van der Waals surface area (Å²) in [5, 5.41) is 3.09. The number of amides is 2. The fraction of sp³-hybridized carbons (Fsp3) is 0.429. The Morgan fingerprint density at radius 3 is 2.69 bits per heavy atom. The van der Waals surface area contributed by atoms with Crippen LogP contribution in [-0.4, -0.2) is 46.5 Å². The van der Waals surface area contributed by atoms with E-state index in [4.69, 9.17) is 0 Å². The van der Waals surface area contributed by atoms with Gasteiger partial charge in [-0.15, -0.1) is 0 Å². The number of pyridine rings is 1. The fourth-order valence-electron chi connectivity index (χ4n) is 4.12. The molecule has 5 rings (SSSR count). The van der Waals surface area contributed by atoms with E-state index in [0.717, 1.165) is 37.4 Å². The Balaban J connectivity index is 1.37. The van der Waals surface area contributed by atoms with Crippen molar-refractivity contribution in [2.24, 2.45) is 5.92 Å². The first kappa shape index (κ1) is 17.0. The molecule has 1 aromatic carbocycles. The largest absolute Gasteiger partial charge is 0.334 e. The van der Waals surface area contributed by atoms with Gasteiger partial charge < -0.3 is 10.2 Å². The van der Waals surface area contributed by atoms with Crippen LogP contribution in [0.2, 0.25) is 0 Å². The number of benzene rings is 1. The van der Waals surface area contributed by atoms with Crippen molar-refractivity contribution in [3.05, 3.63) is 66.0 Å². The van der Waals surface area contributed by atoms with Gasteiger partial charge in [0.1, 0.15) is 0 Å². The fourth-order valence-corrected chi connectivity index (χ4v) is 4.12. The average Bonchev–Trinajstić information content (AvgIpc) is 3.00. The van der Waals surface area contributed by atoms with Gasteiger partial charge in [-0.1, -0.05) is 36.4 Å². The van der Waals surface area contributed by atoms with E-state index in [0.29, 0.717) is 18.5 Å². The molecule has 5 nitrogen and oxygen atoms in total. The zero-order valence-electron chi connectivity index (χ0n) is 15.1. The highest BCUT2D eigenvalue weighted by molar-refractivity contribution is 5.74. The smallest absolute Gasteiger partial charge is 0.317 e. The maximum absolute atomic E-state index is 12.7. The summed E-state index contributed by atoms with van der Waals surface area (Å²) in [7, 11) is 0. The van der Waals surface area contributed by atoms with Crippen molar-refractivity contribution in [2.45, 2.75) is 32.0 Å². The molecule has 4 heterocycles. The lowest BCUT2D eigenvalue weighted by Crippen LogP contribution is -2.45. The highest BCUT2D eigenvalue weighted by Crippen LogP contribution is 2.29. The molecule has 2 atom stereocenters. The quantitative estimate of drug-likeness (QED) is 0.922. The van der Waals surface area contributed by atoms with Crippen LogP contribution in [0.25, 0.3) is 0 Å². The van der Waals surface area contributed by atoms with Crippen molar-refractivity contribution in [1.82, 2.24) is 20.1 Å². The Morgan fingerprint density at radius 1 is 1.04 bits per heavy atom. The van der Waals surface area contributed by atoms with Crippen molar-refractivity contribution < 1.29 is 4.79 Å². The highest BCUT2D eigenvalue weighted by atomic mass is 16.2. The molecule has 26 heavy (non-hydrogen) atoms. The Labute approximate surface area is 155 Å². The van der Waals surface area contributed by atoms with E-state index in [2.05, 4.69) is 21.3 Å². The number of urea groups is 1. The molecule has 136 valence electrons. The SMILES string of the molecule is O=C(NCc1ccccc1)N1C[C@H]2CC[C@@H](C1)N(Cc1ccccn1)C2. The van der Waals surface area contributed by atoms with Gasteiger partial charge in [0.25, 0.3) is 0 Å². The molecule has 0 spiro atoms. The van der Waals surface area contributed by atoms with Crippen LogP contribution < -0.4 is 5.32 Å². The number of nitrogens with one attached hydrogen (secondary N) is 1. The molecule has 2 aromatic rings. The number of nitrogens with zero attached hydrogens (tertiary/aromatic N) is 3. The zero-order chi connectivity index (χ0) is 17.8. The summed E-state index contributed by atoms with van der Waals surface area (Å²) in [6.07, 6.45) is 4.24. The Bertz CT molecular complexity index is 721. The summed E-state index contributed by atoms with van der Waals surface area (Å²) in [5.41, 5.74) is 2.25. The zero-order valence-corrected chi connectivity index (χ0v) is 15.1. The lowest BCUT2D eigenvalue weighted by atomic mass is 9.95. The number of carbonyl (C=O) groups is 1. The van der Waals surface area contributed by atoms with Gasteiger partial charge in [0.2, 0.25) is 0 Å². The molecule has 2 bridgehead atoms. The minimum atomic E-state index is 0.0606. The standard InChI is InChI=1S/C21H26N4O/c26-21(23-12-17-6-2-1-3-7-17)25-14-18-9-10-20(16-25)24(13-18)15-19-8-4-5-11-22-19/h1-8,11,18,20H,9-10,12-16H2,(H,23,26)/t18-,20-/m0/s1. The molecule has 3 fully saturated rings. The second kappa shape index (κ2) is 7.87. The number of hydrogen-bond acceptors (Lipinski definition) is 3. The van der Waals surface area contributed by atoms with Crippen molar-refractivity contribution in [2.75, 3.05) is 19.6 Å². The third-order valence-electron chi connectivity index (χ3n) is 5.49. The molecule has 3 aliphatic rings. The topological polar surface area (TPSA) is 48.5 Å². The minimum Gasteiger partial charge on any atom is -0.334 e. The minimum absolute atomic E-state index is 0.0606. The van der Waals surface area contributed by atoms with Crippen LogP contribution in [0.4, 0.5) is 4.79 Å². The molecule has 1 aromatic heterocycles. The third-order valence-corrected chi connectivity index (χ3v) is 5.49. The van der Waals surface area contributed by atoms with Gasteiger partial charge >= 0.3 is 6.03 Å². The summed E-state index contributed by atoms with van der Waals surface area (Å²) in [4.78, 5) is 21.7. The first-order valence-electron chi connectivity index (χ1n) is 9.48. The Morgan fingerprint density at radius 2 is 1.88 bits per heavy atom. The van der Waals surface area contributed by atoms with Crippen molar-refractivity contribution in [3.8, 4) is 0 Å².